The number of rotatable bonds is 3. The molecule has 0 aromatic heterocycles. The molecule has 0 saturated heterocycles. The van der Waals surface area contributed by atoms with Gasteiger partial charge in [-0.15, -0.1) is 0 Å². The zero-order chi connectivity index (χ0) is 20.8. The van der Waals surface area contributed by atoms with E-state index in [4.69, 9.17) is 23.2 Å². The first-order valence-electron chi connectivity index (χ1n) is 10.1. The van der Waals surface area contributed by atoms with Crippen molar-refractivity contribution >= 4 is 34.7 Å². The first-order valence-corrected chi connectivity index (χ1v) is 10.9. The number of amides is 1. The number of hydrogen-bond acceptors (Lipinski definition) is 2. The quantitative estimate of drug-likeness (QED) is 0.573. The van der Waals surface area contributed by atoms with Crippen molar-refractivity contribution < 1.29 is 9.90 Å². The minimum absolute atomic E-state index is 0.0821. The van der Waals surface area contributed by atoms with Gasteiger partial charge in [-0.2, -0.15) is 0 Å². The van der Waals surface area contributed by atoms with E-state index in [1.54, 1.807) is 6.07 Å². The minimum Gasteiger partial charge on any atom is -0.509 e. The van der Waals surface area contributed by atoms with Gasteiger partial charge in [0.2, 0.25) is 0 Å². The van der Waals surface area contributed by atoms with Crippen LogP contribution >= 0.6 is 23.2 Å². The third-order valence-corrected chi connectivity index (χ3v) is 7.23. The summed E-state index contributed by atoms with van der Waals surface area (Å²) in [6.45, 7) is 4.46. The average Bonchev–Trinajstić information content (AvgIpc) is 2.93. The molecule has 4 rings (SSSR count). The van der Waals surface area contributed by atoms with Crippen LogP contribution in [0.3, 0.4) is 0 Å². The molecule has 0 bridgehead atoms. The molecule has 0 unspecified atom stereocenters. The molecule has 29 heavy (non-hydrogen) atoms. The number of carbonyl (C=O) groups is 1. The summed E-state index contributed by atoms with van der Waals surface area (Å²) in [7, 11) is 0. The van der Waals surface area contributed by atoms with Crippen molar-refractivity contribution in [3.05, 3.63) is 63.8 Å². The highest BCUT2D eigenvalue weighted by Gasteiger charge is 2.48. The van der Waals surface area contributed by atoms with Crippen molar-refractivity contribution in [3.8, 4) is 11.1 Å². The first kappa shape index (κ1) is 20.3. The van der Waals surface area contributed by atoms with Gasteiger partial charge in [-0.1, -0.05) is 73.4 Å². The molecule has 1 aliphatic heterocycles. The maximum absolute atomic E-state index is 13.0. The Morgan fingerprint density at radius 3 is 2.34 bits per heavy atom. The molecule has 3 nitrogen and oxygen atoms in total. The summed E-state index contributed by atoms with van der Waals surface area (Å²) in [5, 5.41) is 15.0. The summed E-state index contributed by atoms with van der Waals surface area (Å²) in [5.74, 6) is 0.989. The SMILES string of the molecule is CC(C)C1CCC2(CC1)NC(=O)C(c1c(Cl)ccc(-c3ccccc3)c1Cl)=C2O. The lowest BCUT2D eigenvalue weighted by atomic mass is 9.72. The molecule has 1 amide bonds. The summed E-state index contributed by atoms with van der Waals surface area (Å²) < 4.78 is 0. The number of aliphatic hydroxyl groups is 1. The fraction of sp³-hybridized carbons (Fsp3) is 0.375. The Hall–Kier alpha value is -1.97. The van der Waals surface area contributed by atoms with Gasteiger partial charge in [0.25, 0.3) is 5.91 Å². The third kappa shape index (κ3) is 3.45. The second-order valence-electron chi connectivity index (χ2n) is 8.49. The predicted molar refractivity (Wildman–Crippen MR) is 119 cm³/mol. The van der Waals surface area contributed by atoms with E-state index in [1.165, 1.54) is 0 Å². The topological polar surface area (TPSA) is 49.3 Å². The van der Waals surface area contributed by atoms with Crippen LogP contribution in [0.5, 0.6) is 0 Å². The summed E-state index contributed by atoms with van der Waals surface area (Å²) in [4.78, 5) is 13.0. The lowest BCUT2D eigenvalue weighted by Gasteiger charge is -2.38. The normalized spacial score (nSPS) is 24.4. The van der Waals surface area contributed by atoms with Crippen LogP contribution < -0.4 is 5.32 Å². The number of hydrogen-bond donors (Lipinski definition) is 2. The van der Waals surface area contributed by atoms with Crippen molar-refractivity contribution in [2.24, 2.45) is 11.8 Å². The molecule has 1 fully saturated rings. The van der Waals surface area contributed by atoms with E-state index in [1.807, 2.05) is 36.4 Å². The van der Waals surface area contributed by atoms with Crippen LogP contribution in [0.4, 0.5) is 0 Å². The Bertz CT molecular complexity index is 974. The fourth-order valence-corrected chi connectivity index (χ4v) is 5.37. The maximum Gasteiger partial charge on any atom is 0.256 e. The molecule has 2 aliphatic rings. The molecule has 2 aromatic carbocycles. The molecule has 1 saturated carbocycles. The molecule has 2 aromatic rings. The van der Waals surface area contributed by atoms with Crippen molar-refractivity contribution in [3.63, 3.8) is 0 Å². The van der Waals surface area contributed by atoms with Gasteiger partial charge in [0, 0.05) is 11.1 Å². The molecule has 1 spiro atoms. The summed E-state index contributed by atoms with van der Waals surface area (Å²) in [5.41, 5.74) is 1.63. The van der Waals surface area contributed by atoms with Crippen molar-refractivity contribution in [2.75, 3.05) is 0 Å². The fourth-order valence-electron chi connectivity index (χ4n) is 4.70. The smallest absolute Gasteiger partial charge is 0.256 e. The average molecular weight is 430 g/mol. The van der Waals surface area contributed by atoms with Gasteiger partial charge in [-0.25, -0.2) is 0 Å². The number of aliphatic hydroxyl groups excluding tert-OH is 1. The highest BCUT2D eigenvalue weighted by Crippen LogP contribution is 2.47. The van der Waals surface area contributed by atoms with Gasteiger partial charge < -0.3 is 10.4 Å². The van der Waals surface area contributed by atoms with Crippen LogP contribution in [-0.4, -0.2) is 16.6 Å². The molecular formula is C24H25Cl2NO2. The van der Waals surface area contributed by atoms with Crippen LogP contribution in [0.15, 0.2) is 48.2 Å². The van der Waals surface area contributed by atoms with Crippen LogP contribution in [0.1, 0.15) is 45.1 Å². The standard InChI is InChI=1S/C24H25Cl2NO2/c1-14(2)15-10-12-24(13-11-15)22(28)20(23(29)27-24)19-18(25)9-8-17(21(19)26)16-6-4-3-5-7-16/h3-9,14-15,28H,10-13H2,1-2H3,(H,27,29). The van der Waals surface area contributed by atoms with E-state index in [-0.39, 0.29) is 17.2 Å². The molecule has 2 N–H and O–H groups in total. The zero-order valence-electron chi connectivity index (χ0n) is 16.6. The van der Waals surface area contributed by atoms with Crippen LogP contribution in [-0.2, 0) is 4.79 Å². The molecular weight excluding hydrogens is 405 g/mol. The summed E-state index contributed by atoms with van der Waals surface area (Å²) in [6, 6.07) is 13.3. The summed E-state index contributed by atoms with van der Waals surface area (Å²) >= 11 is 13.2. The van der Waals surface area contributed by atoms with E-state index in [2.05, 4.69) is 19.2 Å². The van der Waals surface area contributed by atoms with E-state index < -0.39 is 5.54 Å². The number of halogens is 2. The van der Waals surface area contributed by atoms with E-state index in [0.717, 1.165) is 36.8 Å². The van der Waals surface area contributed by atoms with Gasteiger partial charge in [-0.3, -0.25) is 4.79 Å². The Balaban J connectivity index is 1.78. The second kappa shape index (κ2) is 7.70. The largest absolute Gasteiger partial charge is 0.509 e. The highest BCUT2D eigenvalue weighted by molar-refractivity contribution is 6.42. The van der Waals surface area contributed by atoms with Gasteiger partial charge in [-0.05, 0) is 49.1 Å². The number of nitrogens with one attached hydrogen (secondary N) is 1. The molecule has 5 heteroatoms. The van der Waals surface area contributed by atoms with Gasteiger partial charge in [0.05, 0.1) is 21.2 Å². The van der Waals surface area contributed by atoms with Crippen LogP contribution in [0.25, 0.3) is 16.7 Å². The van der Waals surface area contributed by atoms with E-state index in [0.29, 0.717) is 27.4 Å². The second-order valence-corrected chi connectivity index (χ2v) is 9.28. The lowest BCUT2D eigenvalue weighted by Crippen LogP contribution is -2.47. The molecule has 152 valence electrons. The predicted octanol–water partition coefficient (Wildman–Crippen LogP) is 6.64. The first-order chi connectivity index (χ1) is 13.8. The minimum atomic E-state index is -0.701. The van der Waals surface area contributed by atoms with Gasteiger partial charge >= 0.3 is 0 Å². The molecule has 0 radical (unpaired) electrons. The Morgan fingerprint density at radius 1 is 1.07 bits per heavy atom. The molecule has 1 heterocycles. The van der Waals surface area contributed by atoms with Crippen molar-refractivity contribution in [1.29, 1.82) is 0 Å². The van der Waals surface area contributed by atoms with E-state index >= 15 is 0 Å². The van der Waals surface area contributed by atoms with Crippen LogP contribution in [0, 0.1) is 11.8 Å². The monoisotopic (exact) mass is 429 g/mol. The maximum atomic E-state index is 13.0. The van der Waals surface area contributed by atoms with Gasteiger partial charge in [0.1, 0.15) is 5.76 Å². The highest BCUT2D eigenvalue weighted by atomic mass is 35.5. The van der Waals surface area contributed by atoms with Gasteiger partial charge in [0.15, 0.2) is 0 Å². The summed E-state index contributed by atoms with van der Waals surface area (Å²) in [6.07, 6.45) is 3.40. The number of carbonyl (C=O) groups excluding carboxylic acids is 1. The Labute approximate surface area is 181 Å². The number of benzene rings is 2. The zero-order valence-corrected chi connectivity index (χ0v) is 18.1. The Kier molecular flexibility index (Phi) is 5.39. The molecule has 1 aliphatic carbocycles. The molecule has 0 atom stereocenters. The van der Waals surface area contributed by atoms with E-state index in [9.17, 15) is 9.90 Å². The lowest BCUT2D eigenvalue weighted by molar-refractivity contribution is -0.116. The third-order valence-electron chi connectivity index (χ3n) is 6.52. The Morgan fingerprint density at radius 2 is 1.72 bits per heavy atom. The van der Waals surface area contributed by atoms with Crippen molar-refractivity contribution in [1.82, 2.24) is 5.32 Å². The van der Waals surface area contributed by atoms with Crippen molar-refractivity contribution in [2.45, 2.75) is 45.1 Å². The van der Waals surface area contributed by atoms with Crippen LogP contribution in [0.2, 0.25) is 10.0 Å².